The lowest BCUT2D eigenvalue weighted by molar-refractivity contribution is 0.0840. The third-order valence-electron chi connectivity index (χ3n) is 8.29. The Balaban J connectivity index is 1.07. The van der Waals surface area contributed by atoms with Gasteiger partial charge in [-0.05, 0) is 56.5 Å². The van der Waals surface area contributed by atoms with Crippen LogP contribution in [0.15, 0.2) is 36.4 Å². The second kappa shape index (κ2) is 10.9. The van der Waals surface area contributed by atoms with E-state index in [1.54, 1.807) is 0 Å². The van der Waals surface area contributed by atoms with Gasteiger partial charge in [-0.2, -0.15) is 0 Å². The Kier molecular flexibility index (Phi) is 7.23. The molecule has 1 amide bonds. The molecule has 4 N–H and O–H groups in total. The molecule has 2 aromatic heterocycles. The number of para-hydroxylation sites is 1. The average molecular weight is 518 g/mol. The number of pyridine rings is 1. The number of H-pyrrole nitrogens is 1. The number of piperazine rings is 1. The lowest BCUT2D eigenvalue weighted by Gasteiger charge is -2.34. The second-order valence-corrected chi connectivity index (χ2v) is 11.1. The van der Waals surface area contributed by atoms with Gasteiger partial charge in [0.15, 0.2) is 0 Å². The van der Waals surface area contributed by atoms with Crippen molar-refractivity contribution in [3.05, 3.63) is 53.2 Å². The Morgan fingerprint density at radius 1 is 1.16 bits per heavy atom. The molecule has 2 fully saturated rings. The lowest BCUT2D eigenvalue weighted by Crippen LogP contribution is -2.45. The van der Waals surface area contributed by atoms with Gasteiger partial charge in [0.2, 0.25) is 0 Å². The highest BCUT2D eigenvalue weighted by atomic mass is 16.3. The summed E-state index contributed by atoms with van der Waals surface area (Å²) in [4.78, 5) is 28.4. The third-order valence-corrected chi connectivity index (χ3v) is 8.29. The van der Waals surface area contributed by atoms with Crippen LogP contribution in [0.4, 0.5) is 11.6 Å². The molecule has 3 aromatic rings. The Labute approximate surface area is 224 Å². The molecule has 38 heavy (non-hydrogen) atoms. The molecule has 2 aliphatic heterocycles. The summed E-state index contributed by atoms with van der Waals surface area (Å²) in [6.07, 6.45) is 3.84. The zero-order chi connectivity index (χ0) is 26.1. The van der Waals surface area contributed by atoms with Crippen molar-refractivity contribution in [1.29, 1.82) is 0 Å². The van der Waals surface area contributed by atoms with Crippen molar-refractivity contribution in [2.24, 2.45) is 0 Å². The quantitative estimate of drug-likeness (QED) is 0.364. The summed E-state index contributed by atoms with van der Waals surface area (Å²) in [7, 11) is 2.13. The number of aromatic amines is 1. The molecule has 1 unspecified atom stereocenters. The monoisotopic (exact) mass is 517 g/mol. The van der Waals surface area contributed by atoms with E-state index in [0.717, 1.165) is 70.2 Å². The summed E-state index contributed by atoms with van der Waals surface area (Å²) in [5.74, 6) is 1.44. The van der Waals surface area contributed by atoms with Gasteiger partial charge < -0.3 is 30.5 Å². The van der Waals surface area contributed by atoms with Crippen LogP contribution in [-0.2, 0) is 13.0 Å². The maximum atomic E-state index is 13.2. The molecule has 4 heterocycles. The maximum absolute atomic E-state index is 13.2. The first kappa shape index (κ1) is 25.2. The van der Waals surface area contributed by atoms with E-state index in [9.17, 15) is 9.90 Å². The molecule has 3 aliphatic rings. The summed E-state index contributed by atoms with van der Waals surface area (Å²) in [6, 6.07) is 12.6. The van der Waals surface area contributed by atoms with Crippen molar-refractivity contribution in [3.63, 3.8) is 0 Å². The van der Waals surface area contributed by atoms with Gasteiger partial charge in [-0.15, -0.1) is 0 Å². The standard InChI is InChI=1S/C29H39N7O2/c1-34-11-13-36(14-12-34)28-16-20(15-27(33-28)31-21-5-4-6-21)29(38)30-17-22(37)18-35-10-9-24-23-7-2-3-8-25(23)32-26(24)19-35/h2-3,7-8,15-16,21-22,32,37H,4-6,9-14,17-19H2,1H3,(H,30,38)(H,31,33). The van der Waals surface area contributed by atoms with Crippen LogP contribution in [0, 0.1) is 0 Å². The summed E-state index contributed by atoms with van der Waals surface area (Å²) < 4.78 is 0. The van der Waals surface area contributed by atoms with Crippen LogP contribution >= 0.6 is 0 Å². The number of nitrogens with one attached hydrogen (secondary N) is 3. The topological polar surface area (TPSA) is 99.8 Å². The zero-order valence-corrected chi connectivity index (χ0v) is 22.2. The number of rotatable bonds is 8. The minimum atomic E-state index is -0.642. The third kappa shape index (κ3) is 5.50. The molecule has 6 rings (SSSR count). The molecule has 1 aliphatic carbocycles. The highest BCUT2D eigenvalue weighted by molar-refractivity contribution is 5.95. The Bertz CT molecular complexity index is 1280. The summed E-state index contributed by atoms with van der Waals surface area (Å²) in [5.41, 5.74) is 4.38. The molecule has 0 radical (unpaired) electrons. The van der Waals surface area contributed by atoms with Crippen LogP contribution in [0.5, 0.6) is 0 Å². The SMILES string of the molecule is CN1CCN(c2cc(C(=O)NCC(O)CN3CCc4c([nH]c5ccccc45)C3)cc(NC3CCC3)n2)CC1. The van der Waals surface area contributed by atoms with Crippen LogP contribution in [-0.4, -0.2) is 95.8 Å². The predicted molar refractivity (Wildman–Crippen MR) is 151 cm³/mol. The van der Waals surface area contributed by atoms with E-state index < -0.39 is 6.10 Å². The molecule has 9 heteroatoms. The van der Waals surface area contributed by atoms with Gasteiger partial charge in [0.05, 0.1) is 6.10 Å². The van der Waals surface area contributed by atoms with Crippen molar-refractivity contribution in [2.45, 2.75) is 44.4 Å². The molecule has 9 nitrogen and oxygen atoms in total. The largest absolute Gasteiger partial charge is 0.390 e. The molecule has 1 aromatic carbocycles. The first-order chi connectivity index (χ1) is 18.5. The van der Waals surface area contributed by atoms with Gasteiger partial charge in [-0.3, -0.25) is 9.69 Å². The summed E-state index contributed by atoms with van der Waals surface area (Å²) >= 11 is 0. The van der Waals surface area contributed by atoms with E-state index in [-0.39, 0.29) is 12.5 Å². The van der Waals surface area contributed by atoms with Crippen molar-refractivity contribution < 1.29 is 9.90 Å². The first-order valence-electron chi connectivity index (χ1n) is 14.0. The molecule has 1 saturated carbocycles. The van der Waals surface area contributed by atoms with Crippen LogP contribution in [0.2, 0.25) is 0 Å². The fourth-order valence-corrected chi connectivity index (χ4v) is 5.76. The smallest absolute Gasteiger partial charge is 0.251 e. The number of hydrogen-bond acceptors (Lipinski definition) is 7. The van der Waals surface area contributed by atoms with E-state index in [1.165, 1.54) is 28.6 Å². The predicted octanol–water partition coefficient (Wildman–Crippen LogP) is 2.43. The zero-order valence-electron chi connectivity index (χ0n) is 22.2. The van der Waals surface area contributed by atoms with Crippen LogP contribution in [0.25, 0.3) is 10.9 Å². The number of benzene rings is 1. The van der Waals surface area contributed by atoms with Crippen molar-refractivity contribution in [3.8, 4) is 0 Å². The Morgan fingerprint density at radius 2 is 1.97 bits per heavy atom. The molecule has 202 valence electrons. The van der Waals surface area contributed by atoms with E-state index in [1.807, 2.05) is 12.1 Å². The first-order valence-corrected chi connectivity index (χ1v) is 14.0. The van der Waals surface area contributed by atoms with Gasteiger partial charge in [-0.1, -0.05) is 18.2 Å². The van der Waals surface area contributed by atoms with E-state index in [0.29, 0.717) is 18.2 Å². The Hall–Kier alpha value is -3.14. The summed E-state index contributed by atoms with van der Waals surface area (Å²) in [6.45, 7) is 6.16. The number of carbonyl (C=O) groups excluding carboxylic acids is 1. The molecule has 0 spiro atoms. The number of hydrogen-bond donors (Lipinski definition) is 4. The van der Waals surface area contributed by atoms with Crippen LogP contribution in [0.1, 0.15) is 40.9 Å². The van der Waals surface area contributed by atoms with Gasteiger partial charge in [-0.25, -0.2) is 4.98 Å². The fraction of sp³-hybridized carbons (Fsp3) is 0.517. The molecular weight excluding hydrogens is 478 g/mol. The fourth-order valence-electron chi connectivity index (χ4n) is 5.76. The molecule has 0 bridgehead atoms. The van der Waals surface area contributed by atoms with Crippen molar-refractivity contribution in [1.82, 2.24) is 25.1 Å². The number of amides is 1. The summed E-state index contributed by atoms with van der Waals surface area (Å²) in [5, 5.41) is 18.6. The van der Waals surface area contributed by atoms with Crippen molar-refractivity contribution >= 4 is 28.4 Å². The van der Waals surface area contributed by atoms with E-state index >= 15 is 0 Å². The number of fused-ring (bicyclic) bond motifs is 3. The minimum Gasteiger partial charge on any atom is -0.390 e. The van der Waals surface area contributed by atoms with E-state index in [4.69, 9.17) is 4.98 Å². The number of nitrogens with zero attached hydrogens (tertiary/aromatic N) is 4. The lowest BCUT2D eigenvalue weighted by atomic mass is 9.93. The van der Waals surface area contributed by atoms with Gasteiger partial charge >= 0.3 is 0 Å². The molecule has 1 atom stereocenters. The number of aliphatic hydroxyl groups excluding tert-OH is 1. The van der Waals surface area contributed by atoms with Gasteiger partial charge in [0.25, 0.3) is 5.91 Å². The highest BCUT2D eigenvalue weighted by Crippen LogP contribution is 2.28. The average Bonchev–Trinajstić information content (AvgIpc) is 3.27. The maximum Gasteiger partial charge on any atom is 0.251 e. The van der Waals surface area contributed by atoms with Crippen LogP contribution < -0.4 is 15.5 Å². The minimum absolute atomic E-state index is 0.171. The molecular formula is C29H39N7O2. The number of aromatic nitrogens is 2. The number of likely N-dealkylation sites (N-methyl/N-ethyl adjacent to an activating group) is 1. The Morgan fingerprint density at radius 3 is 2.76 bits per heavy atom. The second-order valence-electron chi connectivity index (χ2n) is 11.1. The van der Waals surface area contributed by atoms with Crippen molar-refractivity contribution in [2.75, 3.05) is 63.1 Å². The highest BCUT2D eigenvalue weighted by Gasteiger charge is 2.24. The number of β-amino-alcohol motifs (C(OH)–C–C–N with tert-alkyl or cyclic N) is 1. The molecule has 1 saturated heterocycles. The van der Waals surface area contributed by atoms with Gasteiger partial charge in [0, 0.05) is 80.6 Å². The van der Waals surface area contributed by atoms with Crippen LogP contribution in [0.3, 0.4) is 0 Å². The number of carbonyl (C=O) groups is 1. The van der Waals surface area contributed by atoms with E-state index in [2.05, 4.69) is 61.6 Å². The van der Waals surface area contributed by atoms with Gasteiger partial charge in [0.1, 0.15) is 11.6 Å². The normalized spacial score (nSPS) is 19.7. The number of anilines is 2. The number of aliphatic hydroxyl groups is 1.